The van der Waals surface area contributed by atoms with Crippen molar-refractivity contribution in [1.29, 1.82) is 0 Å². The quantitative estimate of drug-likeness (QED) is 0.756. The number of hydrogen-bond acceptors (Lipinski definition) is 4. The van der Waals surface area contributed by atoms with Crippen LogP contribution in [0.4, 0.5) is 5.69 Å². The van der Waals surface area contributed by atoms with Crippen LogP contribution < -0.4 is 5.32 Å². The molecule has 0 radical (unpaired) electrons. The van der Waals surface area contributed by atoms with Crippen LogP contribution in [0.5, 0.6) is 0 Å². The predicted octanol–water partition coefficient (Wildman–Crippen LogP) is 2.89. The number of nitrogens with one attached hydrogen (secondary N) is 2. The fourth-order valence-electron chi connectivity index (χ4n) is 2.58. The molecular weight excluding hydrogens is 262 g/mol. The van der Waals surface area contributed by atoms with Gasteiger partial charge in [-0.05, 0) is 43.2 Å². The average Bonchev–Trinajstić information content (AvgIpc) is 3.05. The molecule has 1 aliphatic rings. The van der Waals surface area contributed by atoms with Gasteiger partial charge in [-0.25, -0.2) is 4.98 Å². The van der Waals surface area contributed by atoms with Crippen LogP contribution in [0.25, 0.3) is 22.8 Å². The lowest BCUT2D eigenvalue weighted by Gasteiger charge is -2.17. The summed E-state index contributed by atoms with van der Waals surface area (Å²) in [5.74, 6) is 0. The summed E-state index contributed by atoms with van der Waals surface area (Å²) in [7, 11) is 0. The minimum absolute atomic E-state index is 0.851. The van der Waals surface area contributed by atoms with Crippen LogP contribution in [-0.2, 0) is 6.42 Å². The number of aryl methyl sites for hydroxylation is 1. The van der Waals surface area contributed by atoms with Crippen LogP contribution in [0, 0.1) is 0 Å². The topological polar surface area (TPSA) is 66.5 Å². The van der Waals surface area contributed by atoms with Gasteiger partial charge in [0.2, 0.25) is 0 Å². The van der Waals surface area contributed by atoms with E-state index in [9.17, 15) is 0 Å². The summed E-state index contributed by atoms with van der Waals surface area (Å²) in [4.78, 5) is 9.05. The van der Waals surface area contributed by atoms with E-state index in [1.54, 1.807) is 6.20 Å². The number of nitrogens with zero attached hydrogens (tertiary/aromatic N) is 3. The minimum atomic E-state index is 0.851. The summed E-state index contributed by atoms with van der Waals surface area (Å²) in [5, 5.41) is 10.8. The fourth-order valence-corrected chi connectivity index (χ4v) is 2.58. The number of aromatic amines is 1. The summed E-state index contributed by atoms with van der Waals surface area (Å²) in [6, 6.07) is 11.9. The third kappa shape index (κ3) is 2.27. The van der Waals surface area contributed by atoms with Crippen molar-refractivity contribution in [1.82, 2.24) is 20.2 Å². The van der Waals surface area contributed by atoms with Crippen molar-refractivity contribution in [2.24, 2.45) is 0 Å². The first kappa shape index (κ1) is 12.1. The van der Waals surface area contributed by atoms with Gasteiger partial charge < -0.3 is 5.32 Å². The second-order valence-corrected chi connectivity index (χ2v) is 5.10. The Hall–Kier alpha value is -2.69. The molecule has 4 heterocycles. The molecule has 104 valence electrons. The van der Waals surface area contributed by atoms with Crippen LogP contribution in [0.15, 0.2) is 42.6 Å². The third-order valence-electron chi connectivity index (χ3n) is 3.66. The molecule has 0 unspecified atom stereocenters. The van der Waals surface area contributed by atoms with Crippen molar-refractivity contribution in [3.63, 3.8) is 0 Å². The molecule has 0 amide bonds. The van der Waals surface area contributed by atoms with Crippen molar-refractivity contribution in [3.8, 4) is 22.8 Å². The smallest absolute Gasteiger partial charge is 0.111 e. The van der Waals surface area contributed by atoms with Crippen LogP contribution in [-0.4, -0.2) is 26.7 Å². The Kier molecular flexibility index (Phi) is 2.88. The Morgan fingerprint density at radius 3 is 2.90 bits per heavy atom. The molecule has 5 heteroatoms. The van der Waals surface area contributed by atoms with Crippen molar-refractivity contribution >= 4 is 5.69 Å². The van der Waals surface area contributed by atoms with E-state index >= 15 is 0 Å². The average molecular weight is 277 g/mol. The summed E-state index contributed by atoms with van der Waals surface area (Å²) in [5.41, 5.74) is 5.81. The summed E-state index contributed by atoms with van der Waals surface area (Å²) >= 11 is 0. The number of pyridine rings is 2. The molecule has 3 aromatic heterocycles. The Morgan fingerprint density at radius 1 is 1.00 bits per heavy atom. The zero-order valence-electron chi connectivity index (χ0n) is 11.5. The molecule has 0 atom stereocenters. The van der Waals surface area contributed by atoms with Crippen molar-refractivity contribution in [2.45, 2.75) is 12.8 Å². The Bertz CT molecular complexity index is 763. The normalized spacial score (nSPS) is 13.5. The Balaban J connectivity index is 1.70. The molecule has 1 aliphatic heterocycles. The number of aromatic nitrogens is 4. The van der Waals surface area contributed by atoms with Crippen molar-refractivity contribution < 1.29 is 0 Å². The molecular formula is C16H15N5. The minimum Gasteiger partial charge on any atom is -0.384 e. The maximum Gasteiger partial charge on any atom is 0.111 e. The molecule has 0 spiro atoms. The molecule has 0 aromatic carbocycles. The molecule has 0 aliphatic carbocycles. The van der Waals surface area contributed by atoms with Gasteiger partial charge in [-0.3, -0.25) is 10.1 Å². The summed E-state index contributed by atoms with van der Waals surface area (Å²) in [6.45, 7) is 1.03. The van der Waals surface area contributed by atoms with Gasteiger partial charge in [0.15, 0.2) is 0 Å². The zero-order valence-corrected chi connectivity index (χ0v) is 11.5. The van der Waals surface area contributed by atoms with E-state index in [0.29, 0.717) is 0 Å². The van der Waals surface area contributed by atoms with E-state index < -0.39 is 0 Å². The first-order valence-electron chi connectivity index (χ1n) is 7.11. The van der Waals surface area contributed by atoms with Gasteiger partial charge >= 0.3 is 0 Å². The van der Waals surface area contributed by atoms with Crippen LogP contribution in [0.3, 0.4) is 0 Å². The fraction of sp³-hybridized carbons (Fsp3) is 0.188. The maximum atomic E-state index is 4.73. The monoisotopic (exact) mass is 277 g/mol. The van der Waals surface area contributed by atoms with E-state index in [0.717, 1.165) is 53.5 Å². The molecule has 5 nitrogen and oxygen atoms in total. The third-order valence-corrected chi connectivity index (χ3v) is 3.66. The lowest BCUT2D eigenvalue weighted by Crippen LogP contribution is -2.13. The van der Waals surface area contributed by atoms with E-state index in [4.69, 9.17) is 4.98 Å². The second kappa shape index (κ2) is 5.01. The molecule has 4 rings (SSSR count). The maximum absolute atomic E-state index is 4.73. The molecule has 2 N–H and O–H groups in total. The second-order valence-electron chi connectivity index (χ2n) is 5.10. The molecule has 0 saturated carbocycles. The summed E-state index contributed by atoms with van der Waals surface area (Å²) < 4.78 is 0. The highest BCUT2D eigenvalue weighted by Gasteiger charge is 2.13. The van der Waals surface area contributed by atoms with E-state index in [1.807, 2.05) is 30.3 Å². The number of rotatable bonds is 2. The summed E-state index contributed by atoms with van der Waals surface area (Å²) in [6.07, 6.45) is 3.93. The highest BCUT2D eigenvalue weighted by atomic mass is 15.1. The van der Waals surface area contributed by atoms with Gasteiger partial charge in [-0.15, -0.1) is 0 Å². The number of anilines is 1. The lowest BCUT2D eigenvalue weighted by atomic mass is 10.1. The van der Waals surface area contributed by atoms with Crippen molar-refractivity contribution in [3.05, 3.63) is 48.3 Å². The van der Waals surface area contributed by atoms with E-state index in [-0.39, 0.29) is 0 Å². The number of H-pyrrole nitrogens is 1. The van der Waals surface area contributed by atoms with Gasteiger partial charge in [-0.2, -0.15) is 5.10 Å². The molecule has 0 bridgehead atoms. The van der Waals surface area contributed by atoms with E-state index in [1.165, 1.54) is 0 Å². The standard InChI is InChI=1S/C16H15N5/c1-2-8-17-11(4-1)15-10-16(21-20-15)14-7-6-12-13(19-14)5-3-9-18-12/h1-2,4,6-8,10,18H,3,5,9H2,(H,20,21). The van der Waals surface area contributed by atoms with Gasteiger partial charge in [0.05, 0.1) is 28.5 Å². The van der Waals surface area contributed by atoms with Gasteiger partial charge in [0, 0.05) is 12.7 Å². The SMILES string of the molecule is c1ccc(-c2cc(-c3ccc4c(n3)CCCN4)n[nH]2)nc1. The van der Waals surface area contributed by atoms with Crippen LogP contribution in [0.1, 0.15) is 12.1 Å². The first-order chi connectivity index (χ1) is 10.4. The Labute approximate surface area is 122 Å². The zero-order chi connectivity index (χ0) is 14.1. The van der Waals surface area contributed by atoms with Gasteiger partial charge in [-0.1, -0.05) is 6.07 Å². The van der Waals surface area contributed by atoms with E-state index in [2.05, 4.69) is 26.6 Å². The van der Waals surface area contributed by atoms with Gasteiger partial charge in [0.1, 0.15) is 5.69 Å². The first-order valence-corrected chi connectivity index (χ1v) is 7.11. The van der Waals surface area contributed by atoms with Crippen LogP contribution in [0.2, 0.25) is 0 Å². The highest BCUT2D eigenvalue weighted by molar-refractivity contribution is 5.65. The number of fused-ring (bicyclic) bond motifs is 1. The number of hydrogen-bond donors (Lipinski definition) is 2. The Morgan fingerprint density at radius 2 is 2.00 bits per heavy atom. The van der Waals surface area contributed by atoms with Crippen LogP contribution >= 0.6 is 0 Å². The molecule has 3 aromatic rings. The van der Waals surface area contributed by atoms with Crippen molar-refractivity contribution in [2.75, 3.05) is 11.9 Å². The predicted molar refractivity (Wildman–Crippen MR) is 81.9 cm³/mol. The molecule has 21 heavy (non-hydrogen) atoms. The lowest BCUT2D eigenvalue weighted by molar-refractivity contribution is 0.802. The highest BCUT2D eigenvalue weighted by Crippen LogP contribution is 2.26. The molecule has 0 saturated heterocycles. The molecule has 0 fully saturated rings. The largest absolute Gasteiger partial charge is 0.384 e. The van der Waals surface area contributed by atoms with Gasteiger partial charge in [0.25, 0.3) is 0 Å².